The molecule has 9 nitrogen and oxygen atoms in total. The van der Waals surface area contributed by atoms with E-state index in [9.17, 15) is 14.4 Å². The molecular weight excluding hydrogens is 321 g/mol. The number of rotatable bonds is 7. The van der Waals surface area contributed by atoms with Gasteiger partial charge in [-0.2, -0.15) is 9.59 Å². The Hall–Kier alpha value is -1.47. The van der Waals surface area contributed by atoms with Crippen molar-refractivity contribution >= 4 is 43.8 Å². The Morgan fingerprint density at radius 3 is 2.14 bits per heavy atom. The fourth-order valence-electron chi connectivity index (χ4n) is 0.861. The highest BCUT2D eigenvalue weighted by Gasteiger charge is 2.19. The zero-order valence-corrected chi connectivity index (χ0v) is 12.9. The molecule has 0 spiro atoms. The highest BCUT2D eigenvalue weighted by molar-refractivity contribution is 8.43. The number of hydrogen-bond acceptors (Lipinski definition) is 7. The number of carboxylic acids is 1. The lowest BCUT2D eigenvalue weighted by Gasteiger charge is -2.16. The molecule has 0 saturated carbocycles. The maximum atomic E-state index is 11.5. The molecule has 0 bridgehead atoms. The Kier molecular flexibility index (Phi) is 24.5. The van der Waals surface area contributed by atoms with Crippen LogP contribution >= 0.6 is 19.8 Å². The monoisotopic (exact) mass is 343 g/mol. The van der Waals surface area contributed by atoms with Gasteiger partial charge in [0.05, 0.1) is 0 Å². The van der Waals surface area contributed by atoms with Gasteiger partial charge in [0.1, 0.15) is 12.6 Å². The first-order valence-corrected chi connectivity index (χ1v) is 7.48. The van der Waals surface area contributed by atoms with Crippen molar-refractivity contribution in [3.63, 3.8) is 0 Å². The maximum absolute atomic E-state index is 11.5. The molecule has 0 aliphatic carbocycles. The lowest BCUT2D eigenvalue weighted by Crippen LogP contribution is -2.49. The molecule has 0 fully saturated rings. The zero-order valence-electron chi connectivity index (χ0n) is 10.9. The van der Waals surface area contributed by atoms with E-state index < -0.39 is 24.5 Å². The maximum Gasteiger partial charge on any atom is 0.373 e. The summed E-state index contributed by atoms with van der Waals surface area (Å²) in [6.45, 7) is 1.23. The second kappa shape index (κ2) is 18.5. The van der Waals surface area contributed by atoms with Gasteiger partial charge in [-0.25, -0.2) is 0 Å². The number of hydrogen-bond donors (Lipinski definition) is 4. The van der Waals surface area contributed by atoms with Gasteiger partial charge >= 0.3 is 12.1 Å². The van der Waals surface area contributed by atoms with Gasteiger partial charge in [-0.05, 0) is 0 Å². The zero-order chi connectivity index (χ0) is 15.3. The molecule has 21 heavy (non-hydrogen) atoms. The largest absolute Gasteiger partial charge is 0.480 e. The van der Waals surface area contributed by atoms with Gasteiger partial charge in [0.2, 0.25) is 11.8 Å². The number of amides is 2. The van der Waals surface area contributed by atoms with E-state index in [-0.39, 0.29) is 32.1 Å². The summed E-state index contributed by atoms with van der Waals surface area (Å²) in [5.41, 5.74) is 0. The third kappa shape index (κ3) is 18.5. The van der Waals surface area contributed by atoms with Crippen molar-refractivity contribution < 1.29 is 29.1 Å². The van der Waals surface area contributed by atoms with E-state index in [0.29, 0.717) is 5.75 Å². The third-order valence-corrected chi connectivity index (χ3v) is 2.75. The number of aliphatic carboxylic acids is 1. The van der Waals surface area contributed by atoms with E-state index in [1.54, 1.807) is 6.92 Å². The Morgan fingerprint density at radius 2 is 1.81 bits per heavy atom. The highest BCUT2D eigenvalue weighted by atomic mass is 32.7. The second-order valence-electron chi connectivity index (χ2n) is 3.00. The van der Waals surface area contributed by atoms with Crippen LogP contribution in [0.1, 0.15) is 20.8 Å². The standard InChI is InChI=1S/C8H15N2O4PS.CO2.CH4.H3N/c1-2-6(11)10-5(4-16-15)8(14)9-3-7(12)13;2-1-3;;/h5H,2-4,15H2,1H3,(H,9,14)(H,10,11)(H,12,13);;1H4;1H3. The molecule has 0 aromatic heterocycles. The molecule has 0 aromatic carbocycles. The summed E-state index contributed by atoms with van der Waals surface area (Å²) in [5.74, 6) is -1.47. The first kappa shape index (κ1) is 27.8. The van der Waals surface area contributed by atoms with Gasteiger partial charge in [0.25, 0.3) is 0 Å². The lowest BCUT2D eigenvalue weighted by atomic mass is 10.3. The summed E-state index contributed by atoms with van der Waals surface area (Å²) in [6.07, 6.45) is 0.532. The van der Waals surface area contributed by atoms with Crippen molar-refractivity contribution in [2.24, 2.45) is 0 Å². The summed E-state index contributed by atoms with van der Waals surface area (Å²) in [6, 6.07) is -0.700. The van der Waals surface area contributed by atoms with Gasteiger partial charge in [-0.3, -0.25) is 14.4 Å². The Morgan fingerprint density at radius 1 is 1.33 bits per heavy atom. The number of nitrogens with one attached hydrogen (secondary N) is 2. The summed E-state index contributed by atoms with van der Waals surface area (Å²) < 4.78 is 0. The molecule has 0 aliphatic heterocycles. The van der Waals surface area contributed by atoms with Crippen LogP contribution in [-0.4, -0.2) is 47.4 Å². The van der Waals surface area contributed by atoms with Crippen molar-refractivity contribution in [3.05, 3.63) is 0 Å². The minimum Gasteiger partial charge on any atom is -0.480 e. The van der Waals surface area contributed by atoms with E-state index in [1.165, 1.54) is 11.4 Å². The van der Waals surface area contributed by atoms with E-state index in [0.717, 1.165) is 0 Å². The minimum absolute atomic E-state index is 0. The topological polar surface area (TPSA) is 165 Å². The normalized spacial score (nSPS) is 9.24. The van der Waals surface area contributed by atoms with Crippen molar-refractivity contribution in [2.45, 2.75) is 26.8 Å². The molecule has 124 valence electrons. The van der Waals surface area contributed by atoms with Gasteiger partial charge in [-0.15, -0.1) is 11.4 Å². The molecule has 0 aliphatic rings. The van der Waals surface area contributed by atoms with E-state index in [2.05, 4.69) is 19.1 Å². The van der Waals surface area contributed by atoms with Crippen LogP contribution in [0.2, 0.25) is 0 Å². The molecule has 0 radical (unpaired) electrons. The van der Waals surface area contributed by atoms with Crippen LogP contribution < -0.4 is 16.8 Å². The molecule has 0 aromatic rings. The lowest BCUT2D eigenvalue weighted by molar-refractivity contribution is -0.191. The molecule has 6 N–H and O–H groups in total. The van der Waals surface area contributed by atoms with Crippen molar-refractivity contribution in [3.8, 4) is 0 Å². The highest BCUT2D eigenvalue weighted by Crippen LogP contribution is 2.11. The van der Waals surface area contributed by atoms with Crippen LogP contribution in [0.5, 0.6) is 0 Å². The number of carboxylic acid groups (broad SMARTS) is 1. The van der Waals surface area contributed by atoms with Crippen LogP contribution in [0.3, 0.4) is 0 Å². The molecular formula is C10H22N3O6PS. The summed E-state index contributed by atoms with van der Waals surface area (Å²) in [7, 11) is 2.37. The summed E-state index contributed by atoms with van der Waals surface area (Å²) in [5, 5.41) is 13.1. The number of carbonyl (C=O) groups is 3. The minimum atomic E-state index is -1.12. The SMILES string of the molecule is C.CCC(=O)NC(CSP)C(=O)NCC(=O)O.N.O=C=O. The van der Waals surface area contributed by atoms with Crippen molar-refractivity contribution in [1.29, 1.82) is 0 Å². The smallest absolute Gasteiger partial charge is 0.373 e. The first-order valence-electron chi connectivity index (χ1n) is 5.02. The fraction of sp³-hybridized carbons (Fsp3) is 0.600. The molecule has 11 heteroatoms. The average molecular weight is 343 g/mol. The molecule has 2 atom stereocenters. The van der Waals surface area contributed by atoms with Gasteiger partial charge < -0.3 is 21.9 Å². The fourth-order valence-corrected chi connectivity index (χ4v) is 1.87. The third-order valence-electron chi connectivity index (χ3n) is 1.65. The van der Waals surface area contributed by atoms with Gasteiger partial charge in [-0.1, -0.05) is 22.8 Å². The van der Waals surface area contributed by atoms with Crippen LogP contribution in [0.15, 0.2) is 0 Å². The predicted molar refractivity (Wildman–Crippen MR) is 81.8 cm³/mol. The Balaban J connectivity index is -0.000000264. The van der Waals surface area contributed by atoms with Crippen LogP contribution in [0.4, 0.5) is 0 Å². The summed E-state index contributed by atoms with van der Waals surface area (Å²) in [4.78, 5) is 49.1. The predicted octanol–water partition coefficient (Wildman–Crippen LogP) is -0.180. The molecule has 2 amide bonds. The Bertz CT molecular complexity index is 350. The quantitative estimate of drug-likeness (QED) is 0.462. The summed E-state index contributed by atoms with van der Waals surface area (Å²) >= 11 is 1.32. The van der Waals surface area contributed by atoms with Crippen molar-refractivity contribution in [1.82, 2.24) is 16.8 Å². The Labute approximate surface area is 129 Å². The van der Waals surface area contributed by atoms with Gasteiger partial charge in [0.15, 0.2) is 0 Å². The van der Waals surface area contributed by atoms with Crippen molar-refractivity contribution in [2.75, 3.05) is 12.3 Å². The molecule has 0 saturated heterocycles. The number of carbonyl (C=O) groups excluding carboxylic acids is 4. The van der Waals surface area contributed by atoms with E-state index in [4.69, 9.17) is 14.7 Å². The van der Waals surface area contributed by atoms with Crippen LogP contribution in [-0.2, 0) is 24.0 Å². The van der Waals surface area contributed by atoms with Crippen LogP contribution in [0.25, 0.3) is 0 Å². The first-order chi connectivity index (χ1) is 8.92. The molecule has 0 heterocycles. The van der Waals surface area contributed by atoms with Gasteiger partial charge in [0, 0.05) is 12.2 Å². The molecule has 0 rings (SSSR count). The van der Waals surface area contributed by atoms with Crippen LogP contribution in [0, 0.1) is 0 Å². The second-order valence-corrected chi connectivity index (χ2v) is 4.67. The van der Waals surface area contributed by atoms with E-state index in [1.807, 2.05) is 0 Å². The molecule has 2 unspecified atom stereocenters. The average Bonchev–Trinajstić information content (AvgIpc) is 2.36. The van der Waals surface area contributed by atoms with E-state index >= 15 is 0 Å².